The highest BCUT2D eigenvalue weighted by atomic mass is 16.4. The number of hydrogen-bond donors (Lipinski definition) is 5. The molecule has 1 fully saturated rings. The molecule has 1 amide bonds. The molecular weight excluding hydrogens is 286 g/mol. The molecule has 1 atom stereocenters. The maximum absolute atomic E-state index is 11.9. The molecule has 0 aromatic carbocycles. The quantitative estimate of drug-likeness (QED) is 0.228. The van der Waals surface area contributed by atoms with Crippen molar-refractivity contribution in [1.82, 2.24) is 5.32 Å². The number of rotatable bonds is 8. The SMILES string of the molecule is NC(N)=NCCC[C@H](N)C(=O)NCC1CCC(C(=O)O)CC1. The molecule has 8 heteroatoms. The topological polar surface area (TPSA) is 157 Å². The molecule has 1 saturated carbocycles. The summed E-state index contributed by atoms with van der Waals surface area (Å²) in [6.07, 6.45) is 4.19. The van der Waals surface area contributed by atoms with Crippen molar-refractivity contribution in [3.8, 4) is 0 Å². The minimum absolute atomic E-state index is 0.0370. The maximum atomic E-state index is 11.9. The lowest BCUT2D eigenvalue weighted by Crippen LogP contribution is -2.43. The monoisotopic (exact) mass is 313 g/mol. The third kappa shape index (κ3) is 6.75. The Bertz CT molecular complexity index is 401. The number of carboxylic acid groups (broad SMARTS) is 1. The van der Waals surface area contributed by atoms with Gasteiger partial charge in [-0.05, 0) is 44.4 Å². The summed E-state index contributed by atoms with van der Waals surface area (Å²) in [5, 5.41) is 11.8. The number of nitrogens with one attached hydrogen (secondary N) is 1. The van der Waals surface area contributed by atoms with Gasteiger partial charge in [-0.3, -0.25) is 14.6 Å². The zero-order valence-electron chi connectivity index (χ0n) is 12.8. The van der Waals surface area contributed by atoms with Crippen LogP contribution in [0.3, 0.4) is 0 Å². The fourth-order valence-corrected chi connectivity index (χ4v) is 2.64. The average Bonchev–Trinajstić information content (AvgIpc) is 2.49. The Hall–Kier alpha value is -1.83. The molecule has 0 heterocycles. The van der Waals surface area contributed by atoms with Crippen LogP contribution in [-0.2, 0) is 9.59 Å². The first-order chi connectivity index (χ1) is 10.4. The van der Waals surface area contributed by atoms with E-state index in [1.165, 1.54) is 0 Å². The average molecular weight is 313 g/mol. The van der Waals surface area contributed by atoms with Crippen LogP contribution in [0.25, 0.3) is 0 Å². The Morgan fingerprint density at radius 2 is 1.86 bits per heavy atom. The van der Waals surface area contributed by atoms with Gasteiger partial charge < -0.3 is 27.6 Å². The summed E-state index contributed by atoms with van der Waals surface area (Å²) in [6, 6.07) is -0.565. The number of aliphatic imine (C=N–C) groups is 1. The number of carboxylic acids is 1. The van der Waals surface area contributed by atoms with E-state index in [2.05, 4.69) is 10.3 Å². The van der Waals surface area contributed by atoms with Crippen LogP contribution >= 0.6 is 0 Å². The van der Waals surface area contributed by atoms with Gasteiger partial charge in [-0.2, -0.15) is 0 Å². The van der Waals surface area contributed by atoms with Crippen LogP contribution in [0.2, 0.25) is 0 Å². The predicted octanol–water partition coefficient (Wildman–Crippen LogP) is -0.625. The molecule has 0 unspecified atom stereocenters. The van der Waals surface area contributed by atoms with Crippen molar-refractivity contribution in [2.45, 2.75) is 44.6 Å². The van der Waals surface area contributed by atoms with Gasteiger partial charge in [0.25, 0.3) is 0 Å². The number of nitrogens with zero attached hydrogens (tertiary/aromatic N) is 1. The van der Waals surface area contributed by atoms with Gasteiger partial charge in [-0.15, -0.1) is 0 Å². The Balaban J connectivity index is 2.17. The molecule has 0 radical (unpaired) electrons. The van der Waals surface area contributed by atoms with Gasteiger partial charge in [0.15, 0.2) is 5.96 Å². The second-order valence-electron chi connectivity index (χ2n) is 5.86. The smallest absolute Gasteiger partial charge is 0.306 e. The number of carbonyl (C=O) groups is 2. The van der Waals surface area contributed by atoms with Crippen molar-refractivity contribution in [3.05, 3.63) is 0 Å². The van der Waals surface area contributed by atoms with Gasteiger partial charge >= 0.3 is 5.97 Å². The standard InChI is InChI=1S/C14H27N5O3/c15-11(2-1-7-18-14(16)17)12(20)19-8-9-3-5-10(6-4-9)13(21)22/h9-11H,1-8,15H2,(H,19,20)(H,21,22)(H4,16,17,18)/t9?,10?,11-/m0/s1. The fraction of sp³-hybridized carbons (Fsp3) is 0.786. The third-order valence-electron chi connectivity index (χ3n) is 4.07. The van der Waals surface area contributed by atoms with E-state index in [0.717, 1.165) is 12.8 Å². The lowest BCUT2D eigenvalue weighted by Gasteiger charge is -2.26. The van der Waals surface area contributed by atoms with Gasteiger partial charge in [0, 0.05) is 13.1 Å². The van der Waals surface area contributed by atoms with Crippen molar-refractivity contribution in [2.24, 2.45) is 34.0 Å². The summed E-state index contributed by atoms with van der Waals surface area (Å²) in [6.45, 7) is 1.02. The minimum Gasteiger partial charge on any atom is -0.481 e. The first-order valence-electron chi connectivity index (χ1n) is 7.71. The highest BCUT2D eigenvalue weighted by Gasteiger charge is 2.26. The number of nitrogens with two attached hydrogens (primary N) is 3. The highest BCUT2D eigenvalue weighted by Crippen LogP contribution is 2.28. The fourth-order valence-electron chi connectivity index (χ4n) is 2.64. The van der Waals surface area contributed by atoms with Gasteiger partial charge in [0.1, 0.15) is 0 Å². The number of carbonyl (C=O) groups excluding carboxylic acids is 1. The molecule has 0 aromatic rings. The molecule has 22 heavy (non-hydrogen) atoms. The maximum Gasteiger partial charge on any atom is 0.306 e. The summed E-state index contributed by atoms with van der Waals surface area (Å²) in [7, 11) is 0. The third-order valence-corrected chi connectivity index (χ3v) is 4.07. The summed E-state index contributed by atoms with van der Waals surface area (Å²) >= 11 is 0. The van der Waals surface area contributed by atoms with E-state index in [9.17, 15) is 9.59 Å². The van der Waals surface area contributed by atoms with Crippen LogP contribution in [0.4, 0.5) is 0 Å². The van der Waals surface area contributed by atoms with Crippen LogP contribution in [-0.4, -0.2) is 42.1 Å². The molecular formula is C14H27N5O3. The van der Waals surface area contributed by atoms with E-state index in [0.29, 0.717) is 44.7 Å². The van der Waals surface area contributed by atoms with Gasteiger partial charge in [0.2, 0.25) is 5.91 Å². The zero-order chi connectivity index (χ0) is 16.5. The molecule has 126 valence electrons. The van der Waals surface area contributed by atoms with E-state index < -0.39 is 12.0 Å². The number of aliphatic carboxylic acids is 1. The molecule has 0 aliphatic heterocycles. The molecule has 0 aromatic heterocycles. The van der Waals surface area contributed by atoms with Crippen molar-refractivity contribution in [1.29, 1.82) is 0 Å². The van der Waals surface area contributed by atoms with Crippen LogP contribution in [0.5, 0.6) is 0 Å². The first kappa shape index (κ1) is 18.2. The molecule has 1 aliphatic carbocycles. The molecule has 0 spiro atoms. The molecule has 0 saturated heterocycles. The normalized spacial score (nSPS) is 22.6. The second kappa shape index (κ2) is 9.24. The van der Waals surface area contributed by atoms with Gasteiger partial charge in [0.05, 0.1) is 12.0 Å². The molecule has 8 nitrogen and oxygen atoms in total. The van der Waals surface area contributed by atoms with Crippen LogP contribution in [0.15, 0.2) is 4.99 Å². The Labute approximate surface area is 130 Å². The first-order valence-corrected chi connectivity index (χ1v) is 7.71. The zero-order valence-corrected chi connectivity index (χ0v) is 12.8. The van der Waals surface area contributed by atoms with E-state index in [-0.39, 0.29) is 17.8 Å². The summed E-state index contributed by atoms with van der Waals surface area (Å²) in [5.41, 5.74) is 16.2. The van der Waals surface area contributed by atoms with Crippen molar-refractivity contribution >= 4 is 17.8 Å². The Kier molecular flexibility index (Phi) is 7.65. The van der Waals surface area contributed by atoms with Crippen molar-refractivity contribution in [2.75, 3.05) is 13.1 Å². The van der Waals surface area contributed by atoms with E-state index in [4.69, 9.17) is 22.3 Å². The van der Waals surface area contributed by atoms with Gasteiger partial charge in [-0.1, -0.05) is 0 Å². The van der Waals surface area contributed by atoms with Crippen LogP contribution < -0.4 is 22.5 Å². The number of amides is 1. The van der Waals surface area contributed by atoms with Gasteiger partial charge in [-0.25, -0.2) is 0 Å². The van der Waals surface area contributed by atoms with Crippen LogP contribution in [0.1, 0.15) is 38.5 Å². The Morgan fingerprint density at radius 1 is 1.23 bits per heavy atom. The minimum atomic E-state index is -0.717. The lowest BCUT2D eigenvalue weighted by atomic mass is 9.82. The summed E-state index contributed by atoms with van der Waals surface area (Å²) < 4.78 is 0. The Morgan fingerprint density at radius 3 is 2.41 bits per heavy atom. The van der Waals surface area contributed by atoms with Crippen molar-refractivity contribution in [3.63, 3.8) is 0 Å². The lowest BCUT2D eigenvalue weighted by molar-refractivity contribution is -0.143. The molecule has 0 bridgehead atoms. The number of guanidine groups is 1. The van der Waals surface area contributed by atoms with E-state index in [1.807, 2.05) is 0 Å². The number of hydrogen-bond acceptors (Lipinski definition) is 4. The van der Waals surface area contributed by atoms with E-state index in [1.54, 1.807) is 0 Å². The summed E-state index contributed by atoms with van der Waals surface area (Å²) in [4.78, 5) is 26.6. The molecule has 8 N–H and O–H groups in total. The highest BCUT2D eigenvalue weighted by molar-refractivity contribution is 5.81. The largest absolute Gasteiger partial charge is 0.481 e. The molecule has 1 aliphatic rings. The van der Waals surface area contributed by atoms with E-state index >= 15 is 0 Å². The predicted molar refractivity (Wildman–Crippen MR) is 84.0 cm³/mol. The second-order valence-corrected chi connectivity index (χ2v) is 5.86. The molecule has 1 rings (SSSR count). The van der Waals surface area contributed by atoms with Crippen LogP contribution in [0, 0.1) is 11.8 Å². The summed E-state index contributed by atoms with van der Waals surface area (Å²) in [5.74, 6) is -0.747. The van der Waals surface area contributed by atoms with Crippen molar-refractivity contribution < 1.29 is 14.7 Å².